The Balaban J connectivity index is 1.99. The van der Waals surface area contributed by atoms with E-state index in [9.17, 15) is 0 Å². The first-order valence-corrected chi connectivity index (χ1v) is 7.55. The van der Waals surface area contributed by atoms with Gasteiger partial charge in [0, 0.05) is 19.3 Å². The third-order valence-electron chi connectivity index (χ3n) is 3.09. The average Bonchev–Trinajstić information content (AvgIpc) is 2.76. The Bertz CT molecular complexity index is 583. The van der Waals surface area contributed by atoms with Crippen LogP contribution in [-0.4, -0.2) is 27.6 Å². The Morgan fingerprint density at radius 1 is 1.47 bits per heavy atom. The van der Waals surface area contributed by atoms with Crippen molar-refractivity contribution >= 4 is 22.8 Å². The van der Waals surface area contributed by atoms with Crippen LogP contribution in [-0.2, 0) is 7.05 Å². The maximum absolute atomic E-state index is 5.22. The van der Waals surface area contributed by atoms with Crippen molar-refractivity contribution in [3.63, 3.8) is 0 Å². The first-order valence-electron chi connectivity index (χ1n) is 6.40. The van der Waals surface area contributed by atoms with Crippen molar-refractivity contribution in [1.29, 1.82) is 0 Å². The summed E-state index contributed by atoms with van der Waals surface area (Å²) in [6.07, 6.45) is 5.22. The van der Waals surface area contributed by atoms with E-state index in [-0.39, 0.29) is 6.04 Å². The number of imidazole rings is 1. The molecule has 0 radical (unpaired) electrons. The summed E-state index contributed by atoms with van der Waals surface area (Å²) in [5.41, 5.74) is 2.23. The van der Waals surface area contributed by atoms with Crippen molar-refractivity contribution in [2.24, 2.45) is 7.05 Å². The molecule has 0 amide bonds. The number of thioether (sulfide) groups is 1. The summed E-state index contributed by atoms with van der Waals surface area (Å²) in [6, 6.07) is 8.45. The molecule has 0 aliphatic heterocycles. The molecule has 0 spiro atoms. The van der Waals surface area contributed by atoms with Gasteiger partial charge in [-0.15, -0.1) is 18.2 Å². The molecule has 1 aromatic carbocycles. The Morgan fingerprint density at radius 3 is 3.00 bits per heavy atom. The maximum atomic E-state index is 5.22. The van der Waals surface area contributed by atoms with Gasteiger partial charge >= 0.3 is 0 Å². The molecule has 1 unspecified atom stereocenters. The van der Waals surface area contributed by atoms with Crippen LogP contribution in [0.4, 0.5) is 0 Å². The maximum Gasteiger partial charge on any atom is 0.126 e. The highest BCUT2D eigenvalue weighted by Crippen LogP contribution is 2.18. The van der Waals surface area contributed by atoms with E-state index in [0.717, 1.165) is 29.4 Å². The van der Waals surface area contributed by atoms with Gasteiger partial charge in [0.25, 0.3) is 0 Å². The zero-order valence-corrected chi connectivity index (χ0v) is 12.2. The largest absolute Gasteiger partial charge is 0.330 e. The molecule has 1 atom stereocenters. The van der Waals surface area contributed by atoms with Crippen LogP contribution in [0.2, 0.25) is 0 Å². The number of nitrogens with one attached hydrogen (secondary N) is 1. The molecular formula is C15H19N3S. The smallest absolute Gasteiger partial charge is 0.126 e. The van der Waals surface area contributed by atoms with Gasteiger partial charge < -0.3 is 9.88 Å². The minimum atomic E-state index is 0.240. The molecule has 100 valence electrons. The van der Waals surface area contributed by atoms with Crippen molar-refractivity contribution in [3.8, 4) is 12.3 Å². The standard InChI is InChI=1S/C15H19N3S/c1-4-10-19-11-9-16-12(2)15-17-13-7-5-6-8-14(13)18(15)3/h1,5-8,12,16H,9-11H2,2-3H3. The molecule has 0 saturated heterocycles. The molecule has 4 heteroatoms. The lowest BCUT2D eigenvalue weighted by Gasteiger charge is -2.13. The van der Waals surface area contributed by atoms with Gasteiger partial charge in [-0.05, 0) is 19.1 Å². The summed E-state index contributed by atoms with van der Waals surface area (Å²) < 4.78 is 2.15. The van der Waals surface area contributed by atoms with Crippen LogP contribution in [0.5, 0.6) is 0 Å². The Hall–Kier alpha value is -1.44. The predicted octanol–water partition coefficient (Wildman–Crippen LogP) is 2.59. The van der Waals surface area contributed by atoms with E-state index in [1.54, 1.807) is 11.8 Å². The van der Waals surface area contributed by atoms with E-state index in [1.807, 2.05) is 18.2 Å². The molecule has 1 N–H and O–H groups in total. The number of benzene rings is 1. The SMILES string of the molecule is C#CCSCCNC(C)c1nc2ccccc2n1C. The van der Waals surface area contributed by atoms with E-state index >= 15 is 0 Å². The summed E-state index contributed by atoms with van der Waals surface area (Å²) in [4.78, 5) is 4.69. The number of fused-ring (bicyclic) bond motifs is 1. The van der Waals surface area contributed by atoms with Gasteiger partial charge in [0.15, 0.2) is 0 Å². The topological polar surface area (TPSA) is 29.9 Å². The van der Waals surface area contributed by atoms with E-state index in [1.165, 1.54) is 5.52 Å². The van der Waals surface area contributed by atoms with E-state index in [2.05, 4.69) is 40.8 Å². The molecule has 1 heterocycles. The molecule has 19 heavy (non-hydrogen) atoms. The quantitative estimate of drug-likeness (QED) is 0.648. The lowest BCUT2D eigenvalue weighted by atomic mass is 10.3. The summed E-state index contributed by atoms with van der Waals surface area (Å²) in [5, 5.41) is 3.49. The number of aromatic nitrogens is 2. The Morgan fingerprint density at radius 2 is 2.26 bits per heavy atom. The number of para-hydroxylation sites is 2. The van der Waals surface area contributed by atoms with Crippen molar-refractivity contribution in [3.05, 3.63) is 30.1 Å². The van der Waals surface area contributed by atoms with Gasteiger partial charge in [-0.2, -0.15) is 0 Å². The molecule has 2 rings (SSSR count). The molecular weight excluding hydrogens is 254 g/mol. The molecule has 0 aliphatic carbocycles. The molecule has 1 aromatic heterocycles. The van der Waals surface area contributed by atoms with Gasteiger partial charge in [0.2, 0.25) is 0 Å². The number of hydrogen-bond donors (Lipinski definition) is 1. The van der Waals surface area contributed by atoms with Crippen LogP contribution >= 0.6 is 11.8 Å². The van der Waals surface area contributed by atoms with Crippen molar-refractivity contribution in [1.82, 2.24) is 14.9 Å². The molecule has 0 saturated carbocycles. The van der Waals surface area contributed by atoms with Gasteiger partial charge in [-0.3, -0.25) is 0 Å². The second-order valence-electron chi connectivity index (χ2n) is 4.45. The van der Waals surface area contributed by atoms with Crippen LogP contribution in [0.25, 0.3) is 11.0 Å². The van der Waals surface area contributed by atoms with Crippen LogP contribution in [0.15, 0.2) is 24.3 Å². The Labute approximate surface area is 118 Å². The molecule has 0 fully saturated rings. The van der Waals surface area contributed by atoms with Crippen molar-refractivity contribution in [2.45, 2.75) is 13.0 Å². The average molecular weight is 273 g/mol. The van der Waals surface area contributed by atoms with Crippen LogP contribution in [0.3, 0.4) is 0 Å². The highest BCUT2D eigenvalue weighted by Gasteiger charge is 2.13. The second-order valence-corrected chi connectivity index (χ2v) is 5.56. The summed E-state index contributed by atoms with van der Waals surface area (Å²) in [7, 11) is 2.07. The van der Waals surface area contributed by atoms with Crippen LogP contribution in [0.1, 0.15) is 18.8 Å². The van der Waals surface area contributed by atoms with Gasteiger partial charge in [0.05, 0.1) is 22.8 Å². The third kappa shape index (κ3) is 3.31. The lowest BCUT2D eigenvalue weighted by molar-refractivity contribution is 0.553. The Kier molecular flexibility index (Phi) is 4.89. The zero-order chi connectivity index (χ0) is 13.7. The number of aryl methyl sites for hydroxylation is 1. The monoisotopic (exact) mass is 273 g/mol. The predicted molar refractivity (Wildman–Crippen MR) is 83.3 cm³/mol. The van der Waals surface area contributed by atoms with Gasteiger partial charge in [-0.1, -0.05) is 18.1 Å². The number of rotatable bonds is 6. The third-order valence-corrected chi connectivity index (χ3v) is 3.95. The first-order chi connectivity index (χ1) is 9.24. The fourth-order valence-corrected chi connectivity index (χ4v) is 2.65. The zero-order valence-electron chi connectivity index (χ0n) is 11.4. The highest BCUT2D eigenvalue weighted by atomic mass is 32.2. The highest BCUT2D eigenvalue weighted by molar-refractivity contribution is 7.99. The van der Waals surface area contributed by atoms with Crippen LogP contribution in [0, 0.1) is 12.3 Å². The van der Waals surface area contributed by atoms with Crippen LogP contribution < -0.4 is 5.32 Å². The molecule has 0 bridgehead atoms. The van der Waals surface area contributed by atoms with Crippen molar-refractivity contribution in [2.75, 3.05) is 18.1 Å². The number of nitrogens with zero attached hydrogens (tertiary/aromatic N) is 2. The first kappa shape index (κ1) is 14.0. The second kappa shape index (κ2) is 6.65. The molecule has 0 aliphatic rings. The lowest BCUT2D eigenvalue weighted by Crippen LogP contribution is -2.23. The minimum absolute atomic E-state index is 0.240. The fraction of sp³-hybridized carbons (Fsp3) is 0.400. The number of terminal acetylenes is 1. The number of hydrogen-bond acceptors (Lipinski definition) is 3. The normalized spacial score (nSPS) is 12.5. The van der Waals surface area contributed by atoms with Gasteiger partial charge in [-0.25, -0.2) is 4.98 Å². The summed E-state index contributed by atoms with van der Waals surface area (Å²) >= 11 is 1.77. The fourth-order valence-electron chi connectivity index (χ4n) is 2.12. The summed E-state index contributed by atoms with van der Waals surface area (Å²) in [5.74, 6) is 5.51. The molecule has 2 aromatic rings. The van der Waals surface area contributed by atoms with E-state index in [4.69, 9.17) is 6.42 Å². The van der Waals surface area contributed by atoms with E-state index in [0.29, 0.717) is 0 Å². The minimum Gasteiger partial charge on any atom is -0.330 e. The van der Waals surface area contributed by atoms with Gasteiger partial charge in [0.1, 0.15) is 5.82 Å². The molecule has 3 nitrogen and oxygen atoms in total. The summed E-state index contributed by atoms with van der Waals surface area (Å²) in [6.45, 7) is 3.09. The van der Waals surface area contributed by atoms with Crippen molar-refractivity contribution < 1.29 is 0 Å². The van der Waals surface area contributed by atoms with E-state index < -0.39 is 0 Å².